The molecule has 0 saturated heterocycles. The molecule has 0 aromatic heterocycles. The van der Waals surface area contributed by atoms with E-state index in [1.54, 1.807) is 11.1 Å². The lowest BCUT2D eigenvalue weighted by Gasteiger charge is -2.05. The molecule has 188 valence electrons. The highest BCUT2D eigenvalue weighted by Crippen LogP contribution is 2.33. The van der Waals surface area contributed by atoms with Crippen molar-refractivity contribution >= 4 is 17.7 Å². The zero-order chi connectivity index (χ0) is 24.7. The van der Waals surface area contributed by atoms with E-state index in [1.807, 2.05) is 0 Å². The molecule has 3 aromatic carbocycles. The van der Waals surface area contributed by atoms with Gasteiger partial charge in [0.05, 0.1) is 0 Å². The fraction of sp³-hybridized carbons (Fsp3) is 0.243. The number of hydrogen-bond acceptors (Lipinski definition) is 0. The van der Waals surface area contributed by atoms with Crippen molar-refractivity contribution in [3.8, 4) is 0 Å². The number of benzene rings is 3. The molecule has 0 N–H and O–H groups in total. The zero-order valence-electron chi connectivity index (χ0n) is 21.6. The molecule has 4 aliphatic carbocycles. The van der Waals surface area contributed by atoms with Crippen molar-refractivity contribution in [2.45, 2.75) is 59.8 Å². The lowest BCUT2D eigenvalue weighted by molar-refractivity contribution is 0.992. The maximum absolute atomic E-state index is 2.38. The van der Waals surface area contributed by atoms with Crippen LogP contribution >= 0.6 is 0 Å². The summed E-state index contributed by atoms with van der Waals surface area (Å²) in [5.74, 6) is 0. The van der Waals surface area contributed by atoms with E-state index >= 15 is 0 Å². The van der Waals surface area contributed by atoms with Crippen LogP contribution in [-0.4, -0.2) is 0 Å². The molecule has 0 radical (unpaired) electrons. The molecule has 0 spiro atoms. The number of fused-ring (bicyclic) bond motifs is 3. The summed E-state index contributed by atoms with van der Waals surface area (Å²) in [5, 5.41) is 0. The van der Waals surface area contributed by atoms with Gasteiger partial charge in [-0.1, -0.05) is 135 Å². The Kier molecular flexibility index (Phi) is 8.96. The molecule has 0 heteroatoms. The van der Waals surface area contributed by atoms with Crippen LogP contribution in [0.3, 0.4) is 0 Å². The first-order valence-corrected chi connectivity index (χ1v) is 13.4. The van der Waals surface area contributed by atoms with E-state index in [0.29, 0.717) is 0 Å². The zero-order valence-corrected chi connectivity index (χ0v) is 21.6. The maximum atomic E-state index is 2.38. The van der Waals surface area contributed by atoms with Crippen LogP contribution in [0.4, 0.5) is 0 Å². The van der Waals surface area contributed by atoms with Gasteiger partial charge in [0, 0.05) is 0 Å². The van der Waals surface area contributed by atoms with Crippen LogP contribution in [0.2, 0.25) is 0 Å². The first-order valence-electron chi connectivity index (χ1n) is 13.4. The highest BCUT2D eigenvalue weighted by molar-refractivity contribution is 5.88. The van der Waals surface area contributed by atoms with Crippen molar-refractivity contribution in [2.75, 3.05) is 0 Å². The average Bonchev–Trinajstić information content (AvgIpc) is 3.65. The van der Waals surface area contributed by atoms with Crippen molar-refractivity contribution in [2.24, 2.45) is 0 Å². The van der Waals surface area contributed by atoms with E-state index in [4.69, 9.17) is 0 Å². The van der Waals surface area contributed by atoms with Crippen LogP contribution < -0.4 is 0 Å². The summed E-state index contributed by atoms with van der Waals surface area (Å²) in [7, 11) is 0. The second-order valence-electron chi connectivity index (χ2n) is 10.1. The third kappa shape index (κ3) is 6.57. The highest BCUT2D eigenvalue weighted by Gasteiger charge is 2.14. The molecular weight excluding hydrogens is 444 g/mol. The highest BCUT2D eigenvalue weighted by atomic mass is 14.2. The Bertz CT molecular complexity index is 1370. The molecular formula is C37H40. The molecule has 7 rings (SSSR count). The van der Waals surface area contributed by atoms with Crippen molar-refractivity contribution < 1.29 is 0 Å². The molecule has 0 unspecified atom stereocenters. The lowest BCUT2D eigenvalue weighted by atomic mass is 10.0. The van der Waals surface area contributed by atoms with E-state index in [9.17, 15) is 0 Å². The maximum Gasteiger partial charge on any atom is -0.00137 e. The molecule has 37 heavy (non-hydrogen) atoms. The van der Waals surface area contributed by atoms with Crippen molar-refractivity contribution in [3.63, 3.8) is 0 Å². The third-order valence-electron chi connectivity index (χ3n) is 7.36. The second kappa shape index (κ2) is 12.5. The van der Waals surface area contributed by atoms with Crippen LogP contribution in [0.5, 0.6) is 0 Å². The van der Waals surface area contributed by atoms with Gasteiger partial charge in [-0.2, -0.15) is 0 Å². The quantitative estimate of drug-likeness (QED) is 0.339. The standard InChI is InChI=1S/C15H12.C11H12.C10H12.CH4/c1-2-6-12(7-3-1)15-10-13-8-4-5-9-14(13)11-15;1-2-9-7-10-5-3-4-6-11(10)8-9;1-8-6-9-4-2-3-5-10(9)7-8;/h1-10H,11H2;3-7H,2,8H2,1H3;4-6H,2-3,7H2,1H3;1H4. The summed E-state index contributed by atoms with van der Waals surface area (Å²) in [6, 6.07) is 27.8. The molecule has 0 aliphatic heterocycles. The van der Waals surface area contributed by atoms with Gasteiger partial charge in [0.2, 0.25) is 0 Å². The topological polar surface area (TPSA) is 0 Å². The summed E-state index contributed by atoms with van der Waals surface area (Å²) >= 11 is 0. The minimum Gasteiger partial charge on any atom is -0.0801 e. The molecule has 0 fully saturated rings. The molecule has 0 atom stereocenters. The molecule has 0 saturated carbocycles. The van der Waals surface area contributed by atoms with E-state index in [2.05, 4.69) is 123 Å². The molecule has 3 aromatic rings. The smallest absolute Gasteiger partial charge is 0.00137 e. The van der Waals surface area contributed by atoms with Crippen molar-refractivity contribution in [1.29, 1.82) is 0 Å². The number of rotatable bonds is 2. The molecule has 0 nitrogen and oxygen atoms in total. The predicted octanol–water partition coefficient (Wildman–Crippen LogP) is 10.4. The first-order chi connectivity index (χ1) is 17.7. The summed E-state index contributed by atoms with van der Waals surface area (Å²) in [5.41, 5.74) is 14.6. The average molecular weight is 485 g/mol. The van der Waals surface area contributed by atoms with E-state index in [1.165, 1.54) is 76.6 Å². The van der Waals surface area contributed by atoms with Crippen LogP contribution in [0, 0.1) is 0 Å². The van der Waals surface area contributed by atoms with Gasteiger partial charge in [0.15, 0.2) is 0 Å². The molecule has 0 amide bonds. The molecule has 0 heterocycles. The van der Waals surface area contributed by atoms with Gasteiger partial charge >= 0.3 is 0 Å². The SMILES string of the molecule is C.C1=C(c2ccccc2)Cc2ccccc21.CC1=CC2=CCCC=C2C1.CCC1=Cc2ccccc2C1. The van der Waals surface area contributed by atoms with E-state index < -0.39 is 0 Å². The van der Waals surface area contributed by atoms with E-state index in [-0.39, 0.29) is 7.43 Å². The normalized spacial score (nSPS) is 16.0. The van der Waals surface area contributed by atoms with Crippen LogP contribution in [-0.2, 0) is 12.8 Å². The van der Waals surface area contributed by atoms with E-state index in [0.717, 1.165) is 6.42 Å². The van der Waals surface area contributed by atoms with Crippen molar-refractivity contribution in [3.05, 3.63) is 147 Å². The van der Waals surface area contributed by atoms with Gasteiger partial charge in [-0.3, -0.25) is 0 Å². The minimum absolute atomic E-state index is 0. The Morgan fingerprint density at radius 1 is 0.595 bits per heavy atom. The van der Waals surface area contributed by atoms with Crippen molar-refractivity contribution in [1.82, 2.24) is 0 Å². The van der Waals surface area contributed by atoms with Gasteiger partial charge in [0.25, 0.3) is 0 Å². The van der Waals surface area contributed by atoms with Crippen LogP contribution in [0.1, 0.15) is 74.8 Å². The number of hydrogen-bond donors (Lipinski definition) is 0. The Balaban J connectivity index is 0.000000131. The Morgan fingerprint density at radius 2 is 1.22 bits per heavy atom. The second-order valence-corrected chi connectivity index (χ2v) is 10.1. The van der Waals surface area contributed by atoms with Gasteiger partial charge < -0.3 is 0 Å². The molecule has 4 aliphatic rings. The molecule has 0 bridgehead atoms. The fourth-order valence-electron chi connectivity index (χ4n) is 5.38. The fourth-order valence-corrected chi connectivity index (χ4v) is 5.38. The predicted molar refractivity (Wildman–Crippen MR) is 163 cm³/mol. The van der Waals surface area contributed by atoms with Gasteiger partial charge in [-0.15, -0.1) is 0 Å². The number of allylic oxidation sites excluding steroid dienone is 8. The van der Waals surface area contributed by atoms with Gasteiger partial charge in [0.1, 0.15) is 0 Å². The first kappa shape index (κ1) is 26.4. The largest absolute Gasteiger partial charge is 0.0801 e. The Morgan fingerprint density at radius 3 is 1.86 bits per heavy atom. The van der Waals surface area contributed by atoms with Gasteiger partial charge in [-0.05, 0) is 90.0 Å². The minimum atomic E-state index is 0. The summed E-state index contributed by atoms with van der Waals surface area (Å²) in [4.78, 5) is 0. The Hall–Kier alpha value is -3.64. The summed E-state index contributed by atoms with van der Waals surface area (Å²) in [6.45, 7) is 4.43. The van der Waals surface area contributed by atoms with Gasteiger partial charge in [-0.25, -0.2) is 0 Å². The van der Waals surface area contributed by atoms with Crippen LogP contribution in [0.25, 0.3) is 17.7 Å². The lowest BCUT2D eigenvalue weighted by Crippen LogP contribution is -1.86. The van der Waals surface area contributed by atoms with Crippen LogP contribution in [0.15, 0.2) is 119 Å². The monoisotopic (exact) mass is 484 g/mol. The summed E-state index contributed by atoms with van der Waals surface area (Å²) in [6.07, 6.45) is 18.8. The third-order valence-corrected chi connectivity index (χ3v) is 7.36. The summed E-state index contributed by atoms with van der Waals surface area (Å²) < 4.78 is 0. The Labute approximate surface area is 224 Å².